The molecule has 0 aliphatic heterocycles. The average Bonchev–Trinajstić information content (AvgIpc) is 2.88. The summed E-state index contributed by atoms with van der Waals surface area (Å²) in [6, 6.07) is 18.3. The highest BCUT2D eigenvalue weighted by Gasteiger charge is 2.29. The fourth-order valence-electron chi connectivity index (χ4n) is 2.61. The van der Waals surface area contributed by atoms with E-state index in [1.165, 1.54) is 0 Å². The second kappa shape index (κ2) is 5.10. The molecule has 1 aromatic heterocycles. The summed E-state index contributed by atoms with van der Waals surface area (Å²) in [6.07, 6.45) is 0. The molecule has 0 atom stereocenters. The number of nitrogens with zero attached hydrogens (tertiary/aromatic N) is 1. The second-order valence-corrected chi connectivity index (χ2v) is 13.2. The van der Waals surface area contributed by atoms with Gasteiger partial charge in [0.05, 0.1) is 10.4 Å². The van der Waals surface area contributed by atoms with Gasteiger partial charge in [-0.3, -0.25) is 0 Å². The zero-order valence-electron chi connectivity index (χ0n) is 12.9. The fourth-order valence-corrected chi connectivity index (χ4v) is 6.56. The molecule has 3 aromatic rings. The quantitative estimate of drug-likeness (QED) is 0.691. The Balaban J connectivity index is 2.39. The molecule has 1 heterocycles. The molecule has 0 amide bonds. The molecule has 0 fully saturated rings. The highest BCUT2D eigenvalue weighted by atomic mass is 32.2. The van der Waals surface area contributed by atoms with Gasteiger partial charge in [-0.05, 0) is 24.3 Å². The van der Waals surface area contributed by atoms with Gasteiger partial charge in [-0.25, -0.2) is 12.4 Å². The normalized spacial score (nSPS) is 12.7. The Morgan fingerprint density at radius 1 is 0.864 bits per heavy atom. The van der Waals surface area contributed by atoms with Crippen LogP contribution < -0.4 is 5.32 Å². The summed E-state index contributed by atoms with van der Waals surface area (Å²) < 4.78 is 27.9. The van der Waals surface area contributed by atoms with Gasteiger partial charge in [-0.15, -0.1) is 0 Å². The van der Waals surface area contributed by atoms with Crippen LogP contribution in [0.15, 0.2) is 65.6 Å². The minimum atomic E-state index is -3.58. The van der Waals surface area contributed by atoms with Gasteiger partial charge in [0.25, 0.3) is 10.0 Å². The van der Waals surface area contributed by atoms with Gasteiger partial charge in [0, 0.05) is 10.7 Å². The first-order chi connectivity index (χ1) is 10.3. The highest BCUT2D eigenvalue weighted by Crippen LogP contribution is 2.23. The molecule has 3 rings (SSSR count). The molecule has 5 heteroatoms. The van der Waals surface area contributed by atoms with Gasteiger partial charge in [0.2, 0.25) is 0 Å². The van der Waals surface area contributed by atoms with Gasteiger partial charge in [-0.1, -0.05) is 56.0 Å². The number of hydrogen-bond donors (Lipinski definition) is 0. The van der Waals surface area contributed by atoms with Gasteiger partial charge in [0.1, 0.15) is 8.07 Å². The monoisotopic (exact) mass is 329 g/mol. The predicted octanol–water partition coefficient (Wildman–Crippen LogP) is 3.42. The molecule has 0 N–H and O–H groups in total. The van der Waals surface area contributed by atoms with Crippen LogP contribution in [0.4, 0.5) is 0 Å². The molecule has 0 spiro atoms. The highest BCUT2D eigenvalue weighted by molar-refractivity contribution is 7.90. The first-order valence-corrected chi connectivity index (χ1v) is 12.2. The fraction of sp³-hybridized carbons (Fsp3) is 0.176. The standard InChI is InChI=1S/C17H19NO2SSi/c1-22(2,3)17-13-14-9-7-8-12-16(14)18(17)21(19,20)15-10-5-4-6-11-15/h4-13H,1-3H3. The van der Waals surface area contributed by atoms with Crippen molar-refractivity contribution in [2.45, 2.75) is 24.5 Å². The topological polar surface area (TPSA) is 39.1 Å². The molecule has 0 aliphatic rings. The van der Waals surface area contributed by atoms with E-state index in [0.29, 0.717) is 4.90 Å². The minimum absolute atomic E-state index is 0.329. The van der Waals surface area contributed by atoms with Crippen LogP contribution in [0, 0.1) is 0 Å². The Morgan fingerprint density at radius 2 is 1.45 bits per heavy atom. The maximum absolute atomic E-state index is 13.2. The first kappa shape index (κ1) is 15.1. The summed E-state index contributed by atoms with van der Waals surface area (Å²) >= 11 is 0. The van der Waals surface area contributed by atoms with Crippen LogP contribution >= 0.6 is 0 Å². The third kappa shape index (κ3) is 2.40. The van der Waals surface area contributed by atoms with Crippen molar-refractivity contribution in [3.63, 3.8) is 0 Å². The summed E-state index contributed by atoms with van der Waals surface area (Å²) in [6.45, 7) is 6.49. The SMILES string of the molecule is C[Si](C)(C)c1cc2ccccc2n1S(=O)(=O)c1ccccc1. The maximum Gasteiger partial charge on any atom is 0.268 e. The Labute approximate surface area is 132 Å². The van der Waals surface area contributed by atoms with Crippen LogP contribution in [0.1, 0.15) is 0 Å². The van der Waals surface area contributed by atoms with Gasteiger partial charge in [-0.2, -0.15) is 0 Å². The molecule has 0 unspecified atom stereocenters. The molecule has 0 aliphatic carbocycles. The largest absolute Gasteiger partial charge is 0.268 e. The number of benzene rings is 2. The first-order valence-electron chi connectivity index (χ1n) is 7.23. The smallest absolute Gasteiger partial charge is 0.242 e. The third-order valence-corrected chi connectivity index (χ3v) is 7.53. The number of fused-ring (bicyclic) bond motifs is 1. The summed E-state index contributed by atoms with van der Waals surface area (Å²) in [5.74, 6) is 0. The van der Waals surface area contributed by atoms with Crippen LogP contribution in [0.5, 0.6) is 0 Å². The van der Waals surface area contributed by atoms with Crippen molar-refractivity contribution in [1.29, 1.82) is 0 Å². The summed E-state index contributed by atoms with van der Waals surface area (Å²) in [4.78, 5) is 0.329. The lowest BCUT2D eigenvalue weighted by molar-refractivity contribution is 0.590. The molecule has 22 heavy (non-hydrogen) atoms. The van der Waals surface area contributed by atoms with Crippen LogP contribution in [0.2, 0.25) is 19.6 Å². The van der Waals surface area contributed by atoms with Crippen molar-refractivity contribution in [3.05, 3.63) is 60.7 Å². The molecular weight excluding hydrogens is 310 g/mol. The number of rotatable bonds is 3. The summed E-state index contributed by atoms with van der Waals surface area (Å²) in [5, 5.41) is 1.90. The number of hydrogen-bond acceptors (Lipinski definition) is 2. The molecule has 0 bridgehead atoms. The Hall–Kier alpha value is -1.85. The van der Waals surface area contributed by atoms with Crippen LogP contribution in [-0.4, -0.2) is 20.5 Å². The van der Waals surface area contributed by atoms with Crippen molar-refractivity contribution >= 4 is 34.3 Å². The van der Waals surface area contributed by atoms with Crippen molar-refractivity contribution in [1.82, 2.24) is 3.97 Å². The van der Waals surface area contributed by atoms with E-state index in [4.69, 9.17) is 0 Å². The van der Waals surface area contributed by atoms with Gasteiger partial charge < -0.3 is 0 Å². The van der Waals surface area contributed by atoms with Crippen molar-refractivity contribution in [2.75, 3.05) is 0 Å². The van der Waals surface area contributed by atoms with E-state index in [9.17, 15) is 8.42 Å². The Morgan fingerprint density at radius 3 is 2.09 bits per heavy atom. The van der Waals surface area contributed by atoms with Crippen LogP contribution in [0.25, 0.3) is 10.9 Å². The molecule has 0 saturated heterocycles. The van der Waals surface area contributed by atoms with E-state index in [1.54, 1.807) is 28.2 Å². The van der Waals surface area contributed by atoms with E-state index in [0.717, 1.165) is 16.2 Å². The summed E-state index contributed by atoms with van der Waals surface area (Å²) in [7, 11) is -5.40. The average molecular weight is 329 g/mol. The second-order valence-electron chi connectivity index (χ2n) is 6.42. The van der Waals surface area contributed by atoms with Gasteiger partial charge >= 0.3 is 0 Å². The Kier molecular flexibility index (Phi) is 3.49. The zero-order valence-corrected chi connectivity index (χ0v) is 14.8. The molecule has 3 nitrogen and oxygen atoms in total. The lowest BCUT2D eigenvalue weighted by Crippen LogP contribution is -2.44. The Bertz CT molecular complexity index is 922. The number of para-hydroxylation sites is 1. The predicted molar refractivity (Wildman–Crippen MR) is 93.9 cm³/mol. The van der Waals surface area contributed by atoms with E-state index < -0.39 is 18.1 Å². The third-order valence-electron chi connectivity index (χ3n) is 3.72. The molecule has 114 valence electrons. The minimum Gasteiger partial charge on any atom is -0.242 e. The van der Waals surface area contributed by atoms with E-state index in [1.807, 2.05) is 36.4 Å². The maximum atomic E-state index is 13.2. The van der Waals surface area contributed by atoms with Crippen molar-refractivity contribution < 1.29 is 8.42 Å². The van der Waals surface area contributed by atoms with E-state index in [2.05, 4.69) is 19.6 Å². The molecular formula is C17H19NO2SSi. The van der Waals surface area contributed by atoms with Gasteiger partial charge in [0.15, 0.2) is 0 Å². The van der Waals surface area contributed by atoms with E-state index in [-0.39, 0.29) is 0 Å². The number of aromatic nitrogens is 1. The summed E-state index contributed by atoms with van der Waals surface area (Å²) in [5.41, 5.74) is 0.753. The molecule has 0 radical (unpaired) electrons. The molecule has 2 aromatic carbocycles. The van der Waals surface area contributed by atoms with E-state index >= 15 is 0 Å². The van der Waals surface area contributed by atoms with Crippen molar-refractivity contribution in [2.24, 2.45) is 0 Å². The molecule has 0 saturated carbocycles. The lowest BCUT2D eigenvalue weighted by atomic mass is 10.3. The lowest BCUT2D eigenvalue weighted by Gasteiger charge is -2.20. The zero-order chi connectivity index (χ0) is 16.0. The van der Waals surface area contributed by atoms with Crippen LogP contribution in [-0.2, 0) is 10.0 Å². The van der Waals surface area contributed by atoms with Crippen molar-refractivity contribution in [3.8, 4) is 0 Å². The van der Waals surface area contributed by atoms with Crippen LogP contribution in [0.3, 0.4) is 0 Å².